The minimum atomic E-state index is 0.277. The number of aromatic nitrogens is 1. The molecule has 1 aromatic rings. The van der Waals surface area contributed by atoms with Gasteiger partial charge in [0.1, 0.15) is 5.76 Å². The molecule has 13 heavy (non-hydrogen) atoms. The number of anilines is 1. The van der Waals surface area contributed by atoms with Gasteiger partial charge in [0.05, 0.1) is 5.69 Å². The van der Waals surface area contributed by atoms with Gasteiger partial charge in [0.15, 0.2) is 0 Å². The Balaban J connectivity index is 2.18. The number of oxazole rings is 1. The fourth-order valence-electron chi connectivity index (χ4n) is 1.77. The van der Waals surface area contributed by atoms with Crippen LogP contribution < -0.4 is 5.73 Å². The highest BCUT2D eigenvalue weighted by Gasteiger charge is 2.22. The number of hydrogen-bond acceptors (Lipinski definition) is 4. The van der Waals surface area contributed by atoms with Crippen molar-refractivity contribution in [3.05, 3.63) is 11.5 Å². The quantitative estimate of drug-likeness (QED) is 0.714. The Hall–Kier alpha value is -1.03. The second kappa shape index (κ2) is 3.38. The molecular weight excluding hydrogens is 168 g/mol. The first-order valence-electron chi connectivity index (χ1n) is 4.58. The van der Waals surface area contributed by atoms with Crippen LogP contribution in [0.5, 0.6) is 0 Å². The minimum absolute atomic E-state index is 0.277. The average Bonchev–Trinajstić information content (AvgIpc) is 2.47. The molecule has 1 aliphatic heterocycles. The molecule has 72 valence electrons. The fraction of sp³-hybridized carbons (Fsp3) is 0.667. The molecule has 0 bridgehead atoms. The number of aryl methyl sites for hydroxylation is 1. The first-order chi connectivity index (χ1) is 6.27. The molecule has 2 rings (SSSR count). The largest absolute Gasteiger partial charge is 0.428 e. The van der Waals surface area contributed by atoms with E-state index >= 15 is 0 Å². The Bertz CT molecular complexity index is 290. The van der Waals surface area contributed by atoms with Crippen LogP contribution in [0.15, 0.2) is 4.42 Å². The average molecular weight is 182 g/mol. The van der Waals surface area contributed by atoms with Crippen LogP contribution in [0.4, 0.5) is 6.01 Å². The third-order valence-electron chi connectivity index (χ3n) is 2.44. The zero-order chi connectivity index (χ0) is 9.26. The highest BCUT2D eigenvalue weighted by molar-refractivity contribution is 5.21. The highest BCUT2D eigenvalue weighted by Crippen LogP contribution is 2.30. The molecule has 0 saturated carbocycles. The molecule has 1 fully saturated rings. The van der Waals surface area contributed by atoms with Crippen molar-refractivity contribution in [3.63, 3.8) is 0 Å². The summed E-state index contributed by atoms with van der Waals surface area (Å²) in [5.41, 5.74) is 6.40. The molecular formula is C9H14N2O2. The van der Waals surface area contributed by atoms with Gasteiger partial charge < -0.3 is 14.9 Å². The van der Waals surface area contributed by atoms with E-state index < -0.39 is 0 Å². The van der Waals surface area contributed by atoms with E-state index in [0.29, 0.717) is 5.92 Å². The van der Waals surface area contributed by atoms with E-state index in [1.165, 1.54) is 0 Å². The molecule has 4 heteroatoms. The van der Waals surface area contributed by atoms with Gasteiger partial charge in [0.2, 0.25) is 0 Å². The molecule has 0 unspecified atom stereocenters. The molecule has 2 heterocycles. The number of nitrogens with zero attached hydrogens (tertiary/aromatic N) is 1. The molecule has 0 aromatic carbocycles. The Labute approximate surface area is 77.1 Å². The van der Waals surface area contributed by atoms with E-state index in [0.717, 1.165) is 37.5 Å². The van der Waals surface area contributed by atoms with Gasteiger partial charge in [-0.25, -0.2) is 0 Å². The molecule has 1 aliphatic rings. The number of ether oxygens (including phenoxy) is 1. The predicted molar refractivity (Wildman–Crippen MR) is 48.4 cm³/mol. The van der Waals surface area contributed by atoms with E-state index in [1.807, 2.05) is 6.92 Å². The molecule has 2 N–H and O–H groups in total. The lowest BCUT2D eigenvalue weighted by atomic mass is 9.96. The lowest BCUT2D eigenvalue weighted by molar-refractivity contribution is 0.0807. The smallest absolute Gasteiger partial charge is 0.292 e. The van der Waals surface area contributed by atoms with Crippen LogP contribution in [0.2, 0.25) is 0 Å². The topological polar surface area (TPSA) is 61.3 Å². The van der Waals surface area contributed by atoms with Crippen molar-refractivity contribution in [2.75, 3.05) is 18.9 Å². The summed E-state index contributed by atoms with van der Waals surface area (Å²) in [6.07, 6.45) is 2.02. The van der Waals surface area contributed by atoms with E-state index in [2.05, 4.69) is 4.98 Å². The molecule has 1 aromatic heterocycles. The molecule has 0 atom stereocenters. The molecule has 0 aliphatic carbocycles. The fourth-order valence-corrected chi connectivity index (χ4v) is 1.77. The normalized spacial score (nSPS) is 19.2. The van der Waals surface area contributed by atoms with E-state index in [4.69, 9.17) is 14.9 Å². The second-order valence-electron chi connectivity index (χ2n) is 3.39. The SMILES string of the molecule is Cc1nc(N)oc1C1CCOCC1. The van der Waals surface area contributed by atoms with Crippen molar-refractivity contribution >= 4 is 6.01 Å². The molecule has 4 nitrogen and oxygen atoms in total. The zero-order valence-electron chi connectivity index (χ0n) is 7.75. The Morgan fingerprint density at radius 2 is 2.08 bits per heavy atom. The van der Waals surface area contributed by atoms with Crippen molar-refractivity contribution in [1.82, 2.24) is 4.98 Å². The summed E-state index contributed by atoms with van der Waals surface area (Å²) in [6, 6.07) is 0.277. The number of hydrogen-bond donors (Lipinski definition) is 1. The standard InChI is InChI=1S/C9H14N2O2/c1-6-8(13-9(10)11-6)7-2-4-12-5-3-7/h7H,2-5H2,1H3,(H2,10,11). The first kappa shape index (κ1) is 8.56. The van der Waals surface area contributed by atoms with Crippen molar-refractivity contribution in [2.45, 2.75) is 25.7 Å². The van der Waals surface area contributed by atoms with E-state index in [9.17, 15) is 0 Å². The van der Waals surface area contributed by atoms with Gasteiger partial charge in [-0.3, -0.25) is 0 Å². The number of rotatable bonds is 1. The summed E-state index contributed by atoms with van der Waals surface area (Å²) >= 11 is 0. The summed E-state index contributed by atoms with van der Waals surface area (Å²) in [4.78, 5) is 4.06. The van der Waals surface area contributed by atoms with Crippen LogP contribution in [0.1, 0.15) is 30.2 Å². The number of nitrogen functional groups attached to an aromatic ring is 1. The summed E-state index contributed by atoms with van der Waals surface area (Å²) < 4.78 is 10.6. The summed E-state index contributed by atoms with van der Waals surface area (Å²) in [5, 5.41) is 0. The maximum atomic E-state index is 5.48. The minimum Gasteiger partial charge on any atom is -0.428 e. The monoisotopic (exact) mass is 182 g/mol. The van der Waals surface area contributed by atoms with Crippen molar-refractivity contribution < 1.29 is 9.15 Å². The van der Waals surface area contributed by atoms with Crippen LogP contribution in [-0.2, 0) is 4.74 Å². The third kappa shape index (κ3) is 1.67. The van der Waals surface area contributed by atoms with E-state index in [1.54, 1.807) is 0 Å². The Kier molecular flexibility index (Phi) is 2.22. The number of nitrogens with two attached hydrogens (primary N) is 1. The van der Waals surface area contributed by atoms with Crippen molar-refractivity contribution in [2.24, 2.45) is 0 Å². The van der Waals surface area contributed by atoms with Crippen LogP contribution >= 0.6 is 0 Å². The Morgan fingerprint density at radius 3 is 2.62 bits per heavy atom. The van der Waals surface area contributed by atoms with Gasteiger partial charge >= 0.3 is 0 Å². The predicted octanol–water partition coefficient (Wildman–Crippen LogP) is 1.46. The molecule has 0 amide bonds. The van der Waals surface area contributed by atoms with Gasteiger partial charge in [-0.15, -0.1) is 0 Å². The van der Waals surface area contributed by atoms with Gasteiger partial charge in [-0.2, -0.15) is 4.98 Å². The second-order valence-corrected chi connectivity index (χ2v) is 3.39. The van der Waals surface area contributed by atoms with Gasteiger partial charge in [-0.05, 0) is 19.8 Å². The zero-order valence-corrected chi connectivity index (χ0v) is 7.75. The van der Waals surface area contributed by atoms with Gasteiger partial charge in [-0.1, -0.05) is 0 Å². The van der Waals surface area contributed by atoms with Gasteiger partial charge in [0, 0.05) is 19.1 Å². The Morgan fingerprint density at radius 1 is 1.38 bits per heavy atom. The van der Waals surface area contributed by atoms with Crippen LogP contribution in [0.25, 0.3) is 0 Å². The maximum absolute atomic E-state index is 5.48. The van der Waals surface area contributed by atoms with Crippen LogP contribution in [0.3, 0.4) is 0 Å². The van der Waals surface area contributed by atoms with Crippen LogP contribution in [0, 0.1) is 6.92 Å². The highest BCUT2D eigenvalue weighted by atomic mass is 16.5. The first-order valence-corrected chi connectivity index (χ1v) is 4.58. The maximum Gasteiger partial charge on any atom is 0.292 e. The summed E-state index contributed by atoms with van der Waals surface area (Å²) in [7, 11) is 0. The summed E-state index contributed by atoms with van der Waals surface area (Å²) in [6.45, 7) is 3.56. The van der Waals surface area contributed by atoms with Crippen molar-refractivity contribution in [1.29, 1.82) is 0 Å². The third-order valence-corrected chi connectivity index (χ3v) is 2.44. The molecule has 0 radical (unpaired) electrons. The molecule has 0 spiro atoms. The lowest BCUT2D eigenvalue weighted by Gasteiger charge is -2.19. The van der Waals surface area contributed by atoms with Crippen LogP contribution in [-0.4, -0.2) is 18.2 Å². The summed E-state index contributed by atoms with van der Waals surface area (Å²) in [5.74, 6) is 1.39. The lowest BCUT2D eigenvalue weighted by Crippen LogP contribution is -2.14. The molecule has 1 saturated heterocycles. The van der Waals surface area contributed by atoms with E-state index in [-0.39, 0.29) is 6.01 Å². The van der Waals surface area contributed by atoms with Crippen molar-refractivity contribution in [3.8, 4) is 0 Å². The van der Waals surface area contributed by atoms with Gasteiger partial charge in [0.25, 0.3) is 6.01 Å².